The number of sulfone groups is 1. The molecule has 14 nitrogen and oxygen atoms in total. The van der Waals surface area contributed by atoms with E-state index in [9.17, 15) is 41.5 Å². The number of fused-ring (bicyclic) bond motifs is 1. The number of benzene rings is 4. The Morgan fingerprint density at radius 1 is 0.830 bits per heavy atom. The van der Waals surface area contributed by atoms with Gasteiger partial charge >= 0.3 is 0 Å². The number of carbonyl (C=O) groups is 1. The molecule has 0 heterocycles. The van der Waals surface area contributed by atoms with Crippen LogP contribution in [0.3, 0.4) is 0 Å². The molecule has 4 aromatic carbocycles. The van der Waals surface area contributed by atoms with Gasteiger partial charge in [-0.05, 0) is 91.7 Å². The van der Waals surface area contributed by atoms with Crippen molar-refractivity contribution in [2.75, 3.05) is 18.5 Å². The summed E-state index contributed by atoms with van der Waals surface area (Å²) < 4.78 is 60.1. The van der Waals surface area contributed by atoms with Gasteiger partial charge in [-0.15, -0.1) is 5.11 Å². The van der Waals surface area contributed by atoms with E-state index in [4.69, 9.17) is 0 Å². The zero-order valence-electron chi connectivity index (χ0n) is 25.6. The number of amides is 1. The molecule has 4 aromatic rings. The number of aliphatic hydroxyl groups excluding tert-OH is 2. The summed E-state index contributed by atoms with van der Waals surface area (Å²) >= 11 is 0. The average Bonchev–Trinajstić information content (AvgIpc) is 3.00. The molecule has 0 saturated carbocycles. The number of aryl methyl sites for hydroxylation is 2. The fraction of sp³-hybridized carbons (Fsp3) is 0.258. The van der Waals surface area contributed by atoms with E-state index in [2.05, 4.69) is 25.8 Å². The molecule has 1 amide bonds. The van der Waals surface area contributed by atoms with Gasteiger partial charge in [0, 0.05) is 25.5 Å². The van der Waals surface area contributed by atoms with Gasteiger partial charge in [0.05, 0.1) is 32.9 Å². The van der Waals surface area contributed by atoms with Crippen molar-refractivity contribution >= 4 is 65.1 Å². The molecular weight excluding hydrogens is 651 g/mol. The normalized spacial score (nSPS) is 12.5. The predicted molar refractivity (Wildman–Crippen MR) is 175 cm³/mol. The minimum absolute atomic E-state index is 0.00317. The molecule has 0 aliphatic carbocycles. The molecule has 0 aliphatic heterocycles. The molecule has 0 spiro atoms. The predicted octanol–water partition coefficient (Wildman–Crippen LogP) is 6.11. The van der Waals surface area contributed by atoms with Crippen LogP contribution < -0.4 is 5.32 Å². The number of rotatable bonds is 12. The van der Waals surface area contributed by atoms with Crippen molar-refractivity contribution in [3.63, 3.8) is 0 Å². The number of nitrogens with zero attached hydrogens (tertiary/aromatic N) is 4. The number of aromatic hydroxyl groups is 1. The Hall–Kier alpha value is -4.61. The zero-order valence-corrected chi connectivity index (χ0v) is 27.2. The van der Waals surface area contributed by atoms with E-state index in [-0.39, 0.29) is 47.4 Å². The van der Waals surface area contributed by atoms with Crippen LogP contribution in [0.15, 0.2) is 90.9 Å². The lowest BCUT2D eigenvalue weighted by Gasteiger charge is -2.15. The van der Waals surface area contributed by atoms with Gasteiger partial charge in [-0.2, -0.15) is 23.8 Å². The Kier molecular flexibility index (Phi) is 10.8. The minimum atomic E-state index is -4.85. The van der Waals surface area contributed by atoms with Crippen LogP contribution in [0.5, 0.6) is 5.75 Å². The van der Waals surface area contributed by atoms with Crippen LogP contribution in [0.25, 0.3) is 10.8 Å². The van der Waals surface area contributed by atoms with Crippen molar-refractivity contribution in [3.05, 3.63) is 71.8 Å². The van der Waals surface area contributed by atoms with Gasteiger partial charge in [-0.1, -0.05) is 12.1 Å². The molecule has 0 bridgehead atoms. The number of phenols is 1. The van der Waals surface area contributed by atoms with E-state index in [0.29, 0.717) is 28.2 Å². The monoisotopic (exact) mass is 683 g/mol. The lowest BCUT2D eigenvalue weighted by Crippen LogP contribution is -2.24. The third-order valence-corrected chi connectivity index (χ3v) is 10.4. The number of nitrogens with one attached hydrogen (secondary N) is 1. The number of carbonyl (C=O) groups excluding carboxylic acids is 1. The fourth-order valence-electron chi connectivity index (χ4n) is 4.84. The maximum atomic E-state index is 12.9. The van der Waals surface area contributed by atoms with Gasteiger partial charge in [0.15, 0.2) is 15.6 Å². The Morgan fingerprint density at radius 2 is 1.40 bits per heavy atom. The standard InChI is InChI=1S/C31H33N5O9S2/c1-18-16-27(35-36-30-28(47(43,44)45)17-21-5-4-6-25(32-20(3)39)29(21)31(30)40)19(2)15-26(18)34-33-22-7-9-23(10-8-22)46(41,42)24(11-13-37)12-14-38/h4-10,15-17,24,37-38,40H,11-14H2,1-3H3,(H,32,39)(H,43,44,45)/b34-33+,36-35+. The van der Waals surface area contributed by atoms with Gasteiger partial charge in [-0.25, -0.2) is 8.42 Å². The third-order valence-electron chi connectivity index (χ3n) is 7.22. The second kappa shape index (κ2) is 14.4. The zero-order chi connectivity index (χ0) is 34.5. The summed E-state index contributed by atoms with van der Waals surface area (Å²) in [6.45, 7) is 4.04. The highest BCUT2D eigenvalue weighted by molar-refractivity contribution is 7.92. The number of hydrogen-bond acceptors (Lipinski definition) is 12. The quantitative estimate of drug-likeness (QED) is 0.0856. The van der Waals surface area contributed by atoms with Gasteiger partial charge in [0.25, 0.3) is 10.1 Å². The summed E-state index contributed by atoms with van der Waals surface area (Å²) in [6.07, 6.45) is 0.00634. The molecule has 0 saturated heterocycles. The molecule has 0 atom stereocenters. The Morgan fingerprint density at radius 3 is 1.94 bits per heavy atom. The first-order valence-corrected chi connectivity index (χ1v) is 17.2. The summed E-state index contributed by atoms with van der Waals surface area (Å²) in [6, 6.07) is 14.7. The van der Waals surface area contributed by atoms with E-state index in [1.165, 1.54) is 43.3 Å². The first-order chi connectivity index (χ1) is 22.2. The van der Waals surface area contributed by atoms with Crippen molar-refractivity contribution in [3.8, 4) is 5.75 Å². The average molecular weight is 684 g/mol. The van der Waals surface area contributed by atoms with Crippen molar-refractivity contribution < 1.29 is 41.5 Å². The summed E-state index contributed by atoms with van der Waals surface area (Å²) in [7, 11) is -8.62. The second-order valence-corrected chi connectivity index (χ2v) is 14.3. The minimum Gasteiger partial charge on any atom is -0.505 e. The van der Waals surface area contributed by atoms with Gasteiger partial charge in [-0.3, -0.25) is 9.35 Å². The van der Waals surface area contributed by atoms with Gasteiger partial charge < -0.3 is 20.6 Å². The van der Waals surface area contributed by atoms with Crippen molar-refractivity contribution in [1.82, 2.24) is 0 Å². The Labute approximate surface area is 271 Å². The highest BCUT2D eigenvalue weighted by Crippen LogP contribution is 2.44. The highest BCUT2D eigenvalue weighted by Gasteiger charge is 2.27. The van der Waals surface area contributed by atoms with Crippen LogP contribution in [0.2, 0.25) is 0 Å². The van der Waals surface area contributed by atoms with E-state index >= 15 is 0 Å². The van der Waals surface area contributed by atoms with E-state index in [1.54, 1.807) is 32.0 Å². The van der Waals surface area contributed by atoms with Crippen molar-refractivity contribution in [2.24, 2.45) is 20.5 Å². The van der Waals surface area contributed by atoms with Crippen LogP contribution in [-0.4, -0.2) is 61.1 Å². The number of aliphatic hydroxyl groups is 2. The highest BCUT2D eigenvalue weighted by atomic mass is 32.2. The fourth-order valence-corrected chi connectivity index (χ4v) is 7.23. The molecule has 47 heavy (non-hydrogen) atoms. The van der Waals surface area contributed by atoms with Crippen LogP contribution in [-0.2, 0) is 24.7 Å². The van der Waals surface area contributed by atoms with E-state index in [0.717, 1.165) is 6.07 Å². The van der Waals surface area contributed by atoms with Crippen LogP contribution >= 0.6 is 0 Å². The topological polar surface area (TPSA) is 228 Å². The summed E-state index contributed by atoms with van der Waals surface area (Å²) in [5, 5.41) is 48.1. The molecule has 248 valence electrons. The first kappa shape index (κ1) is 35.2. The molecule has 4 rings (SSSR count). The molecule has 0 unspecified atom stereocenters. The van der Waals surface area contributed by atoms with Crippen molar-refractivity contribution in [2.45, 2.75) is 48.7 Å². The molecule has 16 heteroatoms. The van der Waals surface area contributed by atoms with Gasteiger partial charge in [0.2, 0.25) is 5.91 Å². The summed E-state index contributed by atoms with van der Waals surface area (Å²) in [5.41, 5.74) is 1.96. The molecule has 0 radical (unpaired) electrons. The number of anilines is 1. The van der Waals surface area contributed by atoms with Crippen LogP contribution in [0.4, 0.5) is 28.4 Å². The maximum absolute atomic E-state index is 12.9. The first-order valence-electron chi connectivity index (χ1n) is 14.2. The molecule has 0 aliphatic rings. The number of hydrogen-bond donors (Lipinski definition) is 5. The Balaban J connectivity index is 1.65. The van der Waals surface area contributed by atoms with Crippen molar-refractivity contribution in [1.29, 1.82) is 0 Å². The number of azo groups is 2. The van der Waals surface area contributed by atoms with E-state index < -0.39 is 47.4 Å². The molecular formula is C31H33N5O9S2. The van der Waals surface area contributed by atoms with Crippen LogP contribution in [0, 0.1) is 13.8 Å². The molecule has 0 fully saturated rings. The van der Waals surface area contributed by atoms with E-state index in [1.807, 2.05) is 0 Å². The summed E-state index contributed by atoms with van der Waals surface area (Å²) in [4.78, 5) is 11.1. The Bertz CT molecular complexity index is 2090. The maximum Gasteiger partial charge on any atom is 0.296 e. The lowest BCUT2D eigenvalue weighted by molar-refractivity contribution is -0.114. The SMILES string of the molecule is CC(=O)Nc1cccc2cc(S(=O)(=O)O)c(/N=N/c3cc(C)c(/N=N/c4ccc(S(=O)(=O)C(CCO)CCO)cc4)cc3C)c(O)c12. The second-order valence-electron chi connectivity index (χ2n) is 10.6. The smallest absolute Gasteiger partial charge is 0.296 e. The van der Waals surface area contributed by atoms with Gasteiger partial charge in [0.1, 0.15) is 10.6 Å². The number of phenolic OH excluding ortho intramolecular Hbond substituents is 1. The third kappa shape index (κ3) is 8.04. The molecule has 0 aromatic heterocycles. The largest absolute Gasteiger partial charge is 0.505 e. The van der Waals surface area contributed by atoms with Crippen LogP contribution in [0.1, 0.15) is 30.9 Å². The summed E-state index contributed by atoms with van der Waals surface area (Å²) in [5.74, 6) is -1.03. The molecule has 5 N–H and O–H groups in total. The lowest BCUT2D eigenvalue weighted by atomic mass is 10.1.